The number of hydrogen-bond donors (Lipinski definition) is 1. The van der Waals surface area contributed by atoms with Gasteiger partial charge in [-0.25, -0.2) is 4.98 Å². The lowest BCUT2D eigenvalue weighted by molar-refractivity contribution is -0.133. The highest BCUT2D eigenvalue weighted by Crippen LogP contribution is 2.38. The summed E-state index contributed by atoms with van der Waals surface area (Å²) in [5, 5.41) is 4.05. The normalized spacial score (nSPS) is 19.6. The number of likely N-dealkylation sites (tertiary alicyclic amines) is 1. The van der Waals surface area contributed by atoms with E-state index in [2.05, 4.69) is 10.3 Å². The van der Waals surface area contributed by atoms with Gasteiger partial charge >= 0.3 is 0 Å². The van der Waals surface area contributed by atoms with Crippen molar-refractivity contribution < 1.29 is 9.59 Å². The Bertz CT molecular complexity index is 857. The van der Waals surface area contributed by atoms with E-state index in [0.29, 0.717) is 15.7 Å². The molecule has 1 atom stereocenters. The Morgan fingerprint density at radius 3 is 2.50 bits per heavy atom. The standard InChI is InChI=1S/C21H24ClN3O2S/c22-15-10-8-14(9-11-15)19(26)24-21-23-18-16(6-5-7-17(18)28-21)20(27)25-12-3-1-2-4-13-25/h8-11,16H,1-7,12-13H2,(H,23,24,26). The molecule has 1 aromatic heterocycles. The fourth-order valence-electron chi connectivity index (χ4n) is 3.99. The summed E-state index contributed by atoms with van der Waals surface area (Å²) < 4.78 is 0. The lowest BCUT2D eigenvalue weighted by atomic mass is 9.90. The second-order valence-corrected chi connectivity index (χ2v) is 8.99. The maximum atomic E-state index is 13.1. The third kappa shape index (κ3) is 4.23. The van der Waals surface area contributed by atoms with Gasteiger partial charge in [0, 0.05) is 28.6 Å². The largest absolute Gasteiger partial charge is 0.342 e. The summed E-state index contributed by atoms with van der Waals surface area (Å²) in [6.45, 7) is 1.71. The van der Waals surface area contributed by atoms with E-state index in [1.54, 1.807) is 24.3 Å². The Morgan fingerprint density at radius 2 is 1.79 bits per heavy atom. The van der Waals surface area contributed by atoms with Crippen LogP contribution in [-0.4, -0.2) is 34.8 Å². The molecule has 1 fully saturated rings. The first-order valence-corrected chi connectivity index (χ1v) is 11.2. The fraction of sp³-hybridized carbons (Fsp3) is 0.476. The molecular weight excluding hydrogens is 394 g/mol. The molecule has 2 aliphatic rings. The lowest BCUT2D eigenvalue weighted by Gasteiger charge is -2.27. The van der Waals surface area contributed by atoms with Crippen LogP contribution in [-0.2, 0) is 11.2 Å². The average molecular weight is 418 g/mol. The molecule has 148 valence electrons. The Hall–Kier alpha value is -1.92. The Morgan fingerprint density at radius 1 is 1.07 bits per heavy atom. The summed E-state index contributed by atoms with van der Waals surface area (Å²) in [7, 11) is 0. The Balaban J connectivity index is 1.50. The predicted molar refractivity (Wildman–Crippen MR) is 112 cm³/mol. The highest BCUT2D eigenvalue weighted by Gasteiger charge is 2.33. The highest BCUT2D eigenvalue weighted by atomic mass is 35.5. The van der Waals surface area contributed by atoms with Gasteiger partial charge in [0.1, 0.15) is 0 Å². The van der Waals surface area contributed by atoms with E-state index in [1.807, 2.05) is 4.90 Å². The molecule has 7 heteroatoms. The number of amides is 2. The van der Waals surface area contributed by atoms with Gasteiger partial charge in [-0.15, -0.1) is 11.3 Å². The minimum atomic E-state index is -0.210. The van der Waals surface area contributed by atoms with Gasteiger partial charge in [0.25, 0.3) is 5.91 Å². The van der Waals surface area contributed by atoms with Gasteiger partial charge in [-0.3, -0.25) is 14.9 Å². The summed E-state index contributed by atoms with van der Waals surface area (Å²) in [6.07, 6.45) is 7.35. The van der Waals surface area contributed by atoms with Gasteiger partial charge in [-0.1, -0.05) is 24.4 Å². The number of nitrogens with zero attached hydrogens (tertiary/aromatic N) is 2. The number of rotatable bonds is 3. The van der Waals surface area contributed by atoms with Crippen molar-refractivity contribution in [2.24, 2.45) is 0 Å². The van der Waals surface area contributed by atoms with E-state index in [-0.39, 0.29) is 17.7 Å². The lowest BCUT2D eigenvalue weighted by Crippen LogP contribution is -2.37. The summed E-state index contributed by atoms with van der Waals surface area (Å²) in [5.74, 6) is -0.166. The molecule has 2 amide bonds. The quantitative estimate of drug-likeness (QED) is 0.774. The number of carbonyl (C=O) groups is 2. The highest BCUT2D eigenvalue weighted by molar-refractivity contribution is 7.16. The molecule has 0 spiro atoms. The zero-order chi connectivity index (χ0) is 19.5. The first-order chi connectivity index (χ1) is 13.6. The maximum Gasteiger partial charge on any atom is 0.257 e. The molecule has 1 aliphatic heterocycles. The summed E-state index contributed by atoms with van der Waals surface area (Å²) in [4.78, 5) is 33.4. The van der Waals surface area contributed by atoms with Crippen molar-refractivity contribution in [3.63, 3.8) is 0 Å². The molecule has 0 saturated carbocycles. The van der Waals surface area contributed by atoms with E-state index < -0.39 is 0 Å². The van der Waals surface area contributed by atoms with Crippen LogP contribution in [0.4, 0.5) is 5.13 Å². The van der Waals surface area contributed by atoms with Crippen LogP contribution in [0.1, 0.15) is 65.4 Å². The van der Waals surface area contributed by atoms with Gasteiger partial charge in [-0.05, 0) is 56.4 Å². The van der Waals surface area contributed by atoms with Crippen LogP contribution in [0.5, 0.6) is 0 Å². The molecule has 1 aromatic carbocycles. The smallest absolute Gasteiger partial charge is 0.257 e. The monoisotopic (exact) mass is 417 g/mol. The van der Waals surface area contributed by atoms with Crippen LogP contribution in [0, 0.1) is 0 Å². The molecule has 0 radical (unpaired) electrons. The van der Waals surface area contributed by atoms with E-state index in [9.17, 15) is 9.59 Å². The maximum absolute atomic E-state index is 13.1. The van der Waals surface area contributed by atoms with E-state index >= 15 is 0 Å². The van der Waals surface area contributed by atoms with E-state index in [0.717, 1.165) is 55.8 Å². The molecular formula is C21H24ClN3O2S. The number of hydrogen-bond acceptors (Lipinski definition) is 4. The number of thiazole rings is 1. The molecule has 2 heterocycles. The zero-order valence-corrected chi connectivity index (χ0v) is 17.3. The number of nitrogens with one attached hydrogen (secondary N) is 1. The Labute approximate surface area is 174 Å². The average Bonchev–Trinajstić information content (AvgIpc) is 2.92. The number of fused-ring (bicyclic) bond motifs is 1. The van der Waals surface area contributed by atoms with Crippen LogP contribution in [0.15, 0.2) is 24.3 Å². The van der Waals surface area contributed by atoms with Crippen molar-refractivity contribution in [3.05, 3.63) is 45.4 Å². The minimum absolute atomic E-state index is 0.167. The van der Waals surface area contributed by atoms with Crippen molar-refractivity contribution in [2.45, 2.75) is 50.9 Å². The second-order valence-electron chi connectivity index (χ2n) is 7.47. The van der Waals surface area contributed by atoms with Crippen molar-refractivity contribution >= 4 is 39.9 Å². The molecule has 28 heavy (non-hydrogen) atoms. The topological polar surface area (TPSA) is 62.3 Å². The van der Waals surface area contributed by atoms with E-state index in [4.69, 9.17) is 11.6 Å². The van der Waals surface area contributed by atoms with Crippen LogP contribution in [0.2, 0.25) is 5.02 Å². The third-order valence-electron chi connectivity index (χ3n) is 5.50. The van der Waals surface area contributed by atoms with Crippen LogP contribution >= 0.6 is 22.9 Å². The molecule has 5 nitrogen and oxygen atoms in total. The molecule has 1 saturated heterocycles. The Kier molecular flexibility index (Phi) is 5.97. The van der Waals surface area contributed by atoms with Crippen LogP contribution in [0.25, 0.3) is 0 Å². The summed E-state index contributed by atoms with van der Waals surface area (Å²) in [5.41, 5.74) is 1.41. The van der Waals surface area contributed by atoms with Crippen molar-refractivity contribution in [1.82, 2.24) is 9.88 Å². The molecule has 1 aliphatic carbocycles. The first-order valence-electron chi connectivity index (χ1n) is 9.97. The third-order valence-corrected chi connectivity index (χ3v) is 6.80. The number of aromatic nitrogens is 1. The second kappa shape index (κ2) is 8.62. The van der Waals surface area contributed by atoms with Crippen LogP contribution in [0.3, 0.4) is 0 Å². The van der Waals surface area contributed by atoms with Gasteiger partial charge in [0.15, 0.2) is 5.13 Å². The summed E-state index contributed by atoms with van der Waals surface area (Å²) >= 11 is 7.38. The van der Waals surface area contributed by atoms with Crippen molar-refractivity contribution in [1.29, 1.82) is 0 Å². The molecule has 4 rings (SSSR count). The van der Waals surface area contributed by atoms with Gasteiger partial charge in [0.2, 0.25) is 5.91 Å². The van der Waals surface area contributed by atoms with Crippen LogP contribution < -0.4 is 5.32 Å². The zero-order valence-electron chi connectivity index (χ0n) is 15.7. The van der Waals surface area contributed by atoms with E-state index in [1.165, 1.54) is 24.2 Å². The SMILES string of the molecule is O=C(Nc1nc2c(s1)CCCC2C(=O)N1CCCCCC1)c1ccc(Cl)cc1. The molecule has 0 bridgehead atoms. The number of aryl methyl sites for hydroxylation is 1. The molecule has 1 unspecified atom stereocenters. The molecule has 1 N–H and O–H groups in total. The first kappa shape index (κ1) is 19.4. The van der Waals surface area contributed by atoms with Crippen molar-refractivity contribution in [3.8, 4) is 0 Å². The van der Waals surface area contributed by atoms with Gasteiger partial charge < -0.3 is 4.90 Å². The fourth-order valence-corrected chi connectivity index (χ4v) is 5.18. The minimum Gasteiger partial charge on any atom is -0.342 e. The van der Waals surface area contributed by atoms with Gasteiger partial charge in [-0.2, -0.15) is 0 Å². The number of carbonyl (C=O) groups excluding carboxylic acids is 2. The molecule has 2 aromatic rings. The predicted octanol–water partition coefficient (Wildman–Crippen LogP) is 4.87. The number of benzene rings is 1. The van der Waals surface area contributed by atoms with Crippen molar-refractivity contribution in [2.75, 3.05) is 18.4 Å². The number of anilines is 1. The number of halogens is 1. The van der Waals surface area contributed by atoms with Gasteiger partial charge in [0.05, 0.1) is 11.6 Å². The summed E-state index contributed by atoms with van der Waals surface area (Å²) in [6, 6.07) is 6.77.